The third-order valence-corrected chi connectivity index (χ3v) is 6.91. The molecule has 4 rings (SSSR count). The maximum Gasteiger partial charge on any atom is 0.257 e. The molecule has 0 unspecified atom stereocenters. The average Bonchev–Trinajstić information content (AvgIpc) is 3.55. The van der Waals surface area contributed by atoms with E-state index in [0.717, 1.165) is 31.1 Å². The smallest absolute Gasteiger partial charge is 0.257 e. The lowest BCUT2D eigenvalue weighted by Gasteiger charge is -2.28. The van der Waals surface area contributed by atoms with Gasteiger partial charge in [-0.1, -0.05) is 18.2 Å². The lowest BCUT2D eigenvalue weighted by molar-refractivity contribution is -0.107. The van der Waals surface area contributed by atoms with Crippen LogP contribution in [0.4, 0.5) is 5.69 Å². The molecule has 1 heterocycles. The largest absolute Gasteiger partial charge is 0.493 e. The molecule has 2 aliphatic rings. The summed E-state index contributed by atoms with van der Waals surface area (Å²) >= 11 is 0. The van der Waals surface area contributed by atoms with Crippen molar-refractivity contribution >= 4 is 27.8 Å². The predicted octanol–water partition coefficient (Wildman–Crippen LogP) is 2.96. The van der Waals surface area contributed by atoms with Crippen molar-refractivity contribution in [1.29, 1.82) is 0 Å². The standard InChI is InChI=1S/C24H28N2O6S/c1-4-32-22-12-16(8-11-21(22)31-2)20(14-33(3,29)30)25-13-17-6-5-7-19(23(17)24(25)28)26(15-27)18-9-10-18/h5-8,11-12,15,18,20H,4,9-10,13-14H2,1-3H3/t20-/m1/s1. The maximum atomic E-state index is 13.6. The van der Waals surface area contributed by atoms with Crippen LogP contribution in [0, 0.1) is 0 Å². The average molecular weight is 473 g/mol. The highest BCUT2D eigenvalue weighted by Gasteiger charge is 2.40. The molecule has 2 aromatic carbocycles. The number of carbonyl (C=O) groups excluding carboxylic acids is 2. The van der Waals surface area contributed by atoms with Crippen molar-refractivity contribution in [2.24, 2.45) is 0 Å². The van der Waals surface area contributed by atoms with Gasteiger partial charge in [0.05, 0.1) is 36.8 Å². The zero-order valence-electron chi connectivity index (χ0n) is 19.0. The van der Waals surface area contributed by atoms with Gasteiger partial charge in [0.2, 0.25) is 6.41 Å². The van der Waals surface area contributed by atoms with Crippen LogP contribution in [0.15, 0.2) is 36.4 Å². The zero-order chi connectivity index (χ0) is 23.8. The van der Waals surface area contributed by atoms with Crippen LogP contribution in [0.5, 0.6) is 11.5 Å². The fraction of sp³-hybridized carbons (Fsp3) is 0.417. The SMILES string of the molecule is CCOc1cc([C@@H](CS(C)(=O)=O)N2Cc3cccc(N(C=O)C4CC4)c3C2=O)ccc1OC. The lowest BCUT2D eigenvalue weighted by Crippen LogP contribution is -2.34. The number of sulfone groups is 1. The third kappa shape index (κ3) is 4.68. The van der Waals surface area contributed by atoms with E-state index >= 15 is 0 Å². The van der Waals surface area contributed by atoms with Crippen LogP contribution in [0.1, 0.15) is 47.3 Å². The number of anilines is 1. The number of amides is 2. The first-order valence-electron chi connectivity index (χ1n) is 10.9. The molecule has 1 saturated carbocycles. The molecule has 1 fully saturated rings. The van der Waals surface area contributed by atoms with Crippen LogP contribution in [0.3, 0.4) is 0 Å². The fourth-order valence-electron chi connectivity index (χ4n) is 4.35. The number of methoxy groups -OCH3 is 1. The van der Waals surface area contributed by atoms with Crippen molar-refractivity contribution in [3.8, 4) is 11.5 Å². The van der Waals surface area contributed by atoms with Crippen LogP contribution in [-0.2, 0) is 21.2 Å². The Hall–Kier alpha value is -3.07. The van der Waals surface area contributed by atoms with E-state index in [4.69, 9.17) is 9.47 Å². The molecule has 1 atom stereocenters. The Morgan fingerprint density at radius 1 is 1.21 bits per heavy atom. The number of hydrogen-bond acceptors (Lipinski definition) is 6. The Morgan fingerprint density at radius 3 is 2.58 bits per heavy atom. The van der Waals surface area contributed by atoms with Crippen LogP contribution in [0.25, 0.3) is 0 Å². The fourth-order valence-corrected chi connectivity index (χ4v) is 5.29. The topological polar surface area (TPSA) is 93.2 Å². The Bertz CT molecular complexity index is 1180. The molecule has 8 nitrogen and oxygen atoms in total. The summed E-state index contributed by atoms with van der Waals surface area (Å²) in [6.45, 7) is 2.52. The molecule has 1 aliphatic heterocycles. The first-order valence-corrected chi connectivity index (χ1v) is 13.0. The summed E-state index contributed by atoms with van der Waals surface area (Å²) in [6.07, 6.45) is 3.74. The minimum Gasteiger partial charge on any atom is -0.493 e. The molecule has 9 heteroatoms. The predicted molar refractivity (Wildman–Crippen MR) is 124 cm³/mol. The lowest BCUT2D eigenvalue weighted by atomic mass is 10.1. The summed E-state index contributed by atoms with van der Waals surface area (Å²) in [5, 5.41) is 0. The van der Waals surface area contributed by atoms with Crippen molar-refractivity contribution in [3.63, 3.8) is 0 Å². The number of rotatable bonds is 10. The van der Waals surface area contributed by atoms with Gasteiger partial charge in [-0.3, -0.25) is 9.59 Å². The van der Waals surface area contributed by atoms with Crippen LogP contribution in [-0.4, -0.2) is 57.4 Å². The van der Waals surface area contributed by atoms with Gasteiger partial charge in [-0.05, 0) is 49.1 Å². The zero-order valence-corrected chi connectivity index (χ0v) is 19.8. The number of fused-ring (bicyclic) bond motifs is 1. The summed E-state index contributed by atoms with van der Waals surface area (Å²) in [4.78, 5) is 28.6. The molecule has 0 spiro atoms. The maximum absolute atomic E-state index is 13.6. The van der Waals surface area contributed by atoms with Gasteiger partial charge >= 0.3 is 0 Å². The number of hydrogen-bond donors (Lipinski definition) is 0. The summed E-state index contributed by atoms with van der Waals surface area (Å²) in [5.74, 6) is 0.500. The molecule has 176 valence electrons. The highest BCUT2D eigenvalue weighted by Crippen LogP contribution is 2.41. The van der Waals surface area contributed by atoms with Gasteiger partial charge in [0.15, 0.2) is 11.5 Å². The van der Waals surface area contributed by atoms with Gasteiger partial charge in [0.25, 0.3) is 5.91 Å². The van der Waals surface area contributed by atoms with Gasteiger partial charge < -0.3 is 19.3 Å². The van der Waals surface area contributed by atoms with Crippen molar-refractivity contribution in [3.05, 3.63) is 53.1 Å². The van der Waals surface area contributed by atoms with E-state index < -0.39 is 15.9 Å². The van der Waals surface area contributed by atoms with Crippen LogP contribution < -0.4 is 14.4 Å². The van der Waals surface area contributed by atoms with Crippen molar-refractivity contribution in [2.45, 2.75) is 38.4 Å². The Labute approximate surface area is 194 Å². The number of benzene rings is 2. The minimum atomic E-state index is -3.43. The molecule has 0 radical (unpaired) electrons. The molecule has 0 aromatic heterocycles. The molecule has 1 aliphatic carbocycles. The van der Waals surface area contributed by atoms with Gasteiger partial charge in [-0.2, -0.15) is 0 Å². The van der Waals surface area contributed by atoms with Crippen molar-refractivity contribution < 1.29 is 27.5 Å². The molecule has 2 aromatic rings. The van der Waals surface area contributed by atoms with E-state index in [-0.39, 0.29) is 24.2 Å². The van der Waals surface area contributed by atoms with Crippen molar-refractivity contribution in [2.75, 3.05) is 30.6 Å². The summed E-state index contributed by atoms with van der Waals surface area (Å²) in [5.41, 5.74) is 2.47. The van der Waals surface area contributed by atoms with Crippen molar-refractivity contribution in [1.82, 2.24) is 4.90 Å². The van der Waals surface area contributed by atoms with Gasteiger partial charge in [0, 0.05) is 18.8 Å². The van der Waals surface area contributed by atoms with E-state index in [0.29, 0.717) is 34.9 Å². The Kier molecular flexibility index (Phi) is 6.34. The second kappa shape index (κ2) is 9.05. The number of ether oxygens (including phenoxy) is 2. The first kappa shape index (κ1) is 23.1. The molecule has 0 N–H and O–H groups in total. The van der Waals surface area contributed by atoms with E-state index in [1.54, 1.807) is 34.1 Å². The molecule has 0 saturated heterocycles. The van der Waals surface area contributed by atoms with Gasteiger partial charge in [0.1, 0.15) is 9.84 Å². The monoisotopic (exact) mass is 472 g/mol. The number of carbonyl (C=O) groups is 2. The Morgan fingerprint density at radius 2 is 1.97 bits per heavy atom. The van der Waals surface area contributed by atoms with Gasteiger partial charge in [-0.25, -0.2) is 8.42 Å². The minimum absolute atomic E-state index is 0.109. The second-order valence-corrected chi connectivity index (χ2v) is 10.6. The quantitative estimate of drug-likeness (QED) is 0.494. The van der Waals surface area contributed by atoms with E-state index in [1.165, 1.54) is 7.11 Å². The van der Waals surface area contributed by atoms with E-state index in [2.05, 4.69) is 0 Å². The molecule has 33 heavy (non-hydrogen) atoms. The summed E-state index contributed by atoms with van der Waals surface area (Å²) in [7, 11) is -1.89. The highest BCUT2D eigenvalue weighted by atomic mass is 32.2. The molecular formula is C24H28N2O6S. The highest BCUT2D eigenvalue weighted by molar-refractivity contribution is 7.90. The summed E-state index contributed by atoms with van der Waals surface area (Å²) in [6, 6.07) is 10.1. The Balaban J connectivity index is 1.75. The van der Waals surface area contributed by atoms with Gasteiger partial charge in [-0.15, -0.1) is 0 Å². The van der Waals surface area contributed by atoms with Crippen LogP contribution in [0.2, 0.25) is 0 Å². The van der Waals surface area contributed by atoms with Crippen LogP contribution >= 0.6 is 0 Å². The molecule has 2 amide bonds. The second-order valence-electron chi connectivity index (χ2n) is 8.44. The first-order chi connectivity index (χ1) is 15.8. The third-order valence-electron chi connectivity index (χ3n) is 5.99. The summed E-state index contributed by atoms with van der Waals surface area (Å²) < 4.78 is 35.7. The normalized spacial score (nSPS) is 16.3. The molecule has 0 bridgehead atoms. The molecular weight excluding hydrogens is 444 g/mol. The van der Waals surface area contributed by atoms with E-state index in [1.807, 2.05) is 19.1 Å². The van der Waals surface area contributed by atoms with E-state index in [9.17, 15) is 18.0 Å². The number of nitrogens with zero attached hydrogens (tertiary/aromatic N) is 2.